The normalized spacial score (nSPS) is 11.0. The van der Waals surface area contributed by atoms with Crippen molar-refractivity contribution in [3.63, 3.8) is 0 Å². The molecule has 0 bridgehead atoms. The first-order valence-electron chi connectivity index (χ1n) is 6.92. The summed E-state index contributed by atoms with van der Waals surface area (Å²) >= 11 is 0. The Bertz CT molecular complexity index is 628. The van der Waals surface area contributed by atoms with Gasteiger partial charge in [0.05, 0.1) is 0 Å². The molecule has 0 fully saturated rings. The van der Waals surface area contributed by atoms with E-state index in [1.807, 2.05) is 43.3 Å². The Labute approximate surface area is 124 Å². The number of aliphatic hydroxyl groups is 1. The second-order valence-corrected chi connectivity index (χ2v) is 4.80. The molecule has 0 atom stereocenters. The highest BCUT2D eigenvalue weighted by Gasteiger charge is 2.00. The Morgan fingerprint density at radius 3 is 2.90 bits per heavy atom. The molecule has 0 saturated carbocycles. The van der Waals surface area contributed by atoms with Crippen LogP contribution in [0.15, 0.2) is 46.9 Å². The van der Waals surface area contributed by atoms with Crippen LogP contribution in [0.5, 0.6) is 0 Å². The standard InChI is InChI=1S/C17H19NO3/c1-13-7-8-16(21-13)9-10-17(20)18-15-6-2-4-14(12-15)5-3-11-19/h2,4,6-10,12,19H,3,5,11H2,1H3,(H,18,20)/b10-9+. The zero-order valence-corrected chi connectivity index (χ0v) is 12.0. The Hall–Kier alpha value is -2.33. The summed E-state index contributed by atoms with van der Waals surface area (Å²) in [5.74, 6) is 1.26. The lowest BCUT2D eigenvalue weighted by atomic mass is 10.1. The minimum Gasteiger partial charge on any atom is -0.462 e. The summed E-state index contributed by atoms with van der Waals surface area (Å²) in [7, 11) is 0. The fourth-order valence-electron chi connectivity index (χ4n) is 1.97. The highest BCUT2D eigenvalue weighted by molar-refractivity contribution is 6.01. The van der Waals surface area contributed by atoms with E-state index in [4.69, 9.17) is 9.52 Å². The number of anilines is 1. The van der Waals surface area contributed by atoms with Gasteiger partial charge in [-0.2, -0.15) is 0 Å². The molecule has 0 unspecified atom stereocenters. The molecule has 1 amide bonds. The number of carbonyl (C=O) groups is 1. The van der Waals surface area contributed by atoms with Crippen LogP contribution in [-0.4, -0.2) is 17.6 Å². The van der Waals surface area contributed by atoms with Crippen LogP contribution >= 0.6 is 0 Å². The molecule has 1 heterocycles. The van der Waals surface area contributed by atoms with Crippen molar-refractivity contribution in [2.45, 2.75) is 19.8 Å². The molecule has 1 aromatic heterocycles. The monoisotopic (exact) mass is 285 g/mol. The topological polar surface area (TPSA) is 62.5 Å². The maximum atomic E-state index is 11.8. The Morgan fingerprint density at radius 2 is 2.19 bits per heavy atom. The van der Waals surface area contributed by atoms with Gasteiger partial charge in [0.1, 0.15) is 11.5 Å². The maximum Gasteiger partial charge on any atom is 0.248 e. The zero-order chi connectivity index (χ0) is 15.1. The molecular formula is C17H19NO3. The molecule has 1 aromatic carbocycles. The molecule has 0 aliphatic rings. The van der Waals surface area contributed by atoms with E-state index in [9.17, 15) is 4.79 Å². The van der Waals surface area contributed by atoms with Crippen LogP contribution in [0.1, 0.15) is 23.5 Å². The van der Waals surface area contributed by atoms with Gasteiger partial charge in [0.2, 0.25) is 5.91 Å². The number of hydrogen-bond acceptors (Lipinski definition) is 3. The summed E-state index contributed by atoms with van der Waals surface area (Å²) in [6.07, 6.45) is 4.59. The molecule has 2 aromatic rings. The molecule has 0 aliphatic heterocycles. The SMILES string of the molecule is Cc1ccc(/C=C/C(=O)Nc2cccc(CCCO)c2)o1. The van der Waals surface area contributed by atoms with Crippen molar-refractivity contribution < 1.29 is 14.3 Å². The molecule has 4 heteroatoms. The molecule has 2 N–H and O–H groups in total. The number of rotatable bonds is 6. The predicted molar refractivity (Wildman–Crippen MR) is 83.0 cm³/mol. The number of benzene rings is 1. The van der Waals surface area contributed by atoms with Crippen LogP contribution < -0.4 is 5.32 Å². The van der Waals surface area contributed by atoms with Gasteiger partial charge in [0.25, 0.3) is 0 Å². The Balaban J connectivity index is 1.94. The van der Waals surface area contributed by atoms with E-state index in [0.717, 1.165) is 29.9 Å². The van der Waals surface area contributed by atoms with Gasteiger partial charge in [-0.1, -0.05) is 12.1 Å². The largest absolute Gasteiger partial charge is 0.462 e. The van der Waals surface area contributed by atoms with Gasteiger partial charge >= 0.3 is 0 Å². The molecule has 0 saturated heterocycles. The van der Waals surface area contributed by atoms with Crippen molar-refractivity contribution in [1.29, 1.82) is 0 Å². The van der Waals surface area contributed by atoms with Crippen LogP contribution in [0.25, 0.3) is 6.08 Å². The number of aliphatic hydroxyl groups excluding tert-OH is 1. The van der Waals surface area contributed by atoms with E-state index < -0.39 is 0 Å². The van der Waals surface area contributed by atoms with Gasteiger partial charge in [0.15, 0.2) is 0 Å². The van der Waals surface area contributed by atoms with Crippen LogP contribution in [0, 0.1) is 6.92 Å². The van der Waals surface area contributed by atoms with Crippen LogP contribution in [0.2, 0.25) is 0 Å². The fraction of sp³-hybridized carbons (Fsp3) is 0.235. The van der Waals surface area contributed by atoms with Gasteiger partial charge in [-0.25, -0.2) is 0 Å². The smallest absolute Gasteiger partial charge is 0.248 e. The van der Waals surface area contributed by atoms with E-state index >= 15 is 0 Å². The van der Waals surface area contributed by atoms with Crippen molar-refractivity contribution in [2.75, 3.05) is 11.9 Å². The third-order valence-electron chi connectivity index (χ3n) is 2.98. The predicted octanol–water partition coefficient (Wildman–Crippen LogP) is 3.16. The first-order chi connectivity index (χ1) is 10.2. The van der Waals surface area contributed by atoms with Crippen molar-refractivity contribution in [3.05, 3.63) is 59.6 Å². The summed E-state index contributed by atoms with van der Waals surface area (Å²) in [5.41, 5.74) is 1.84. The first kappa shape index (κ1) is 15.1. The highest BCUT2D eigenvalue weighted by Crippen LogP contribution is 2.13. The number of nitrogens with one attached hydrogen (secondary N) is 1. The molecule has 0 spiro atoms. The number of amides is 1. The first-order valence-corrected chi connectivity index (χ1v) is 6.92. The van der Waals surface area contributed by atoms with E-state index in [1.54, 1.807) is 6.08 Å². The van der Waals surface area contributed by atoms with E-state index in [0.29, 0.717) is 5.76 Å². The van der Waals surface area contributed by atoms with E-state index in [-0.39, 0.29) is 12.5 Å². The van der Waals surface area contributed by atoms with Crippen LogP contribution in [0.4, 0.5) is 5.69 Å². The van der Waals surface area contributed by atoms with E-state index in [2.05, 4.69) is 5.32 Å². The van der Waals surface area contributed by atoms with Crippen LogP contribution in [-0.2, 0) is 11.2 Å². The minimum atomic E-state index is -0.205. The molecule has 0 aliphatic carbocycles. The van der Waals surface area contributed by atoms with Gasteiger partial charge in [-0.15, -0.1) is 0 Å². The van der Waals surface area contributed by atoms with Gasteiger partial charge < -0.3 is 14.8 Å². The summed E-state index contributed by atoms with van der Waals surface area (Å²) in [6.45, 7) is 2.02. The lowest BCUT2D eigenvalue weighted by Crippen LogP contribution is -2.07. The number of furan rings is 1. The zero-order valence-electron chi connectivity index (χ0n) is 12.0. The Morgan fingerprint density at radius 1 is 1.33 bits per heavy atom. The molecule has 4 nitrogen and oxygen atoms in total. The van der Waals surface area contributed by atoms with Crippen molar-refractivity contribution >= 4 is 17.7 Å². The molecule has 0 radical (unpaired) electrons. The van der Waals surface area contributed by atoms with Crippen molar-refractivity contribution in [2.24, 2.45) is 0 Å². The van der Waals surface area contributed by atoms with E-state index in [1.165, 1.54) is 6.08 Å². The quantitative estimate of drug-likeness (QED) is 0.801. The molecule has 2 rings (SSSR count). The van der Waals surface area contributed by atoms with Crippen LogP contribution in [0.3, 0.4) is 0 Å². The second kappa shape index (κ2) is 7.45. The number of hydrogen-bond donors (Lipinski definition) is 2. The molecular weight excluding hydrogens is 266 g/mol. The third kappa shape index (κ3) is 4.93. The second-order valence-electron chi connectivity index (χ2n) is 4.80. The van der Waals surface area contributed by atoms with Crippen molar-refractivity contribution in [1.82, 2.24) is 0 Å². The van der Waals surface area contributed by atoms with Crippen molar-refractivity contribution in [3.8, 4) is 0 Å². The average Bonchev–Trinajstić information content (AvgIpc) is 2.89. The van der Waals surface area contributed by atoms with Gasteiger partial charge in [-0.3, -0.25) is 4.79 Å². The number of aryl methyl sites for hydroxylation is 2. The third-order valence-corrected chi connectivity index (χ3v) is 2.98. The molecule has 21 heavy (non-hydrogen) atoms. The fourth-order valence-corrected chi connectivity index (χ4v) is 1.97. The Kier molecular flexibility index (Phi) is 5.35. The maximum absolute atomic E-state index is 11.8. The summed E-state index contributed by atoms with van der Waals surface area (Å²) in [4.78, 5) is 11.8. The lowest BCUT2D eigenvalue weighted by Gasteiger charge is -2.05. The highest BCUT2D eigenvalue weighted by atomic mass is 16.3. The van der Waals surface area contributed by atoms with Gasteiger partial charge in [-0.05, 0) is 55.7 Å². The lowest BCUT2D eigenvalue weighted by molar-refractivity contribution is -0.111. The summed E-state index contributed by atoms with van der Waals surface area (Å²) in [5, 5.41) is 11.6. The molecule has 110 valence electrons. The van der Waals surface area contributed by atoms with Gasteiger partial charge in [0, 0.05) is 18.4 Å². The minimum absolute atomic E-state index is 0.169. The summed E-state index contributed by atoms with van der Waals surface area (Å²) < 4.78 is 5.36. The summed E-state index contributed by atoms with van der Waals surface area (Å²) in [6, 6.07) is 11.3. The number of carbonyl (C=O) groups excluding carboxylic acids is 1. The average molecular weight is 285 g/mol.